The van der Waals surface area contributed by atoms with Crippen molar-refractivity contribution in [2.45, 2.75) is 80.6 Å². The van der Waals surface area contributed by atoms with Crippen LogP contribution in [0.2, 0.25) is 0 Å². The number of aliphatic hydroxyl groups is 1. The van der Waals surface area contributed by atoms with Gasteiger partial charge in [-0.15, -0.1) is 11.8 Å². The molecule has 7 atom stereocenters. The topological polar surface area (TPSA) is 68.8 Å². The van der Waals surface area contributed by atoms with E-state index >= 15 is 0 Å². The Balaban J connectivity index is 1.41. The second kappa shape index (κ2) is 8.86. The van der Waals surface area contributed by atoms with Gasteiger partial charge in [0.05, 0.1) is 11.5 Å². The molecule has 0 amide bonds. The summed E-state index contributed by atoms with van der Waals surface area (Å²) in [6.07, 6.45) is 7.13. The summed E-state index contributed by atoms with van der Waals surface area (Å²) in [5.74, 6) is 1.31. The van der Waals surface area contributed by atoms with E-state index in [1.165, 1.54) is 32.1 Å². The van der Waals surface area contributed by atoms with Crippen LogP contribution in [0, 0.1) is 17.8 Å². The zero-order chi connectivity index (χ0) is 19.0. The molecule has 0 aromatic carbocycles. The van der Waals surface area contributed by atoms with Gasteiger partial charge in [-0.25, -0.2) is 0 Å². The summed E-state index contributed by atoms with van der Waals surface area (Å²) in [6, 6.07) is 1.35. The molecule has 4 aliphatic rings. The van der Waals surface area contributed by atoms with E-state index in [-0.39, 0.29) is 5.92 Å². The number of ether oxygens (including phenoxy) is 1. The molecule has 4 N–H and O–H groups in total. The Hall–Kier alpha value is 0.110. The number of hydrogen-bond donors (Lipinski definition) is 4. The molecule has 0 aromatic rings. The Morgan fingerprint density at radius 2 is 1.89 bits per heavy atom. The molecule has 0 aromatic heterocycles. The van der Waals surface area contributed by atoms with Crippen molar-refractivity contribution in [3.8, 4) is 0 Å². The summed E-state index contributed by atoms with van der Waals surface area (Å²) in [5, 5.41) is 23.1. The van der Waals surface area contributed by atoms with Gasteiger partial charge in [-0.3, -0.25) is 16.0 Å². The molecule has 2 saturated carbocycles. The van der Waals surface area contributed by atoms with Crippen molar-refractivity contribution in [2.75, 3.05) is 27.4 Å². The quantitative estimate of drug-likeness (QED) is 0.504. The minimum Gasteiger partial charge on any atom is -0.368 e. The predicted octanol–water partition coefficient (Wildman–Crippen LogP) is 1.36. The highest BCUT2D eigenvalue weighted by atomic mass is 32.2. The first-order valence-electron chi connectivity index (χ1n) is 10.9. The minimum atomic E-state index is -0.609. The van der Waals surface area contributed by atoms with Gasteiger partial charge in [0.1, 0.15) is 0 Å². The largest absolute Gasteiger partial charge is 0.368 e. The molecule has 156 valence electrons. The van der Waals surface area contributed by atoms with Gasteiger partial charge in [0.2, 0.25) is 0 Å². The predicted molar refractivity (Wildman–Crippen MR) is 110 cm³/mol. The third-order valence-corrected chi connectivity index (χ3v) is 9.05. The van der Waals surface area contributed by atoms with E-state index in [0.717, 1.165) is 19.1 Å². The summed E-state index contributed by atoms with van der Waals surface area (Å²) < 4.78 is 5.61. The molecule has 4 fully saturated rings. The standard InChI is InChI=1S/C20H38N4O2S/c1-4-26-20(25)14-9-10-15-16(14)17-18(21-11-22-19(17)27-15)23-12-5-7-13(8-6-12)24(2)3/h12-23,25H,4-11H2,1-3H3/t12-,13-,14?,15?,16-,17?,18?,19+,20?/m1/s1. The van der Waals surface area contributed by atoms with E-state index in [1.54, 1.807) is 0 Å². The third kappa shape index (κ3) is 4.20. The first-order valence-corrected chi connectivity index (χ1v) is 11.9. The van der Waals surface area contributed by atoms with Crippen LogP contribution in [0.5, 0.6) is 0 Å². The van der Waals surface area contributed by atoms with Crippen molar-refractivity contribution in [2.24, 2.45) is 17.8 Å². The molecule has 2 saturated heterocycles. The number of nitrogens with zero attached hydrogens (tertiary/aromatic N) is 1. The van der Waals surface area contributed by atoms with Crippen LogP contribution < -0.4 is 16.0 Å². The van der Waals surface area contributed by atoms with Crippen molar-refractivity contribution in [3.63, 3.8) is 0 Å². The minimum absolute atomic E-state index is 0.271. The van der Waals surface area contributed by atoms with Crippen molar-refractivity contribution in [3.05, 3.63) is 0 Å². The van der Waals surface area contributed by atoms with Crippen LogP contribution in [0.15, 0.2) is 0 Å². The molecule has 6 nitrogen and oxygen atoms in total. The van der Waals surface area contributed by atoms with Gasteiger partial charge in [-0.1, -0.05) is 0 Å². The zero-order valence-electron chi connectivity index (χ0n) is 17.1. The lowest BCUT2D eigenvalue weighted by Crippen LogP contribution is -2.64. The van der Waals surface area contributed by atoms with E-state index in [4.69, 9.17) is 4.74 Å². The molecule has 0 spiro atoms. The van der Waals surface area contributed by atoms with Crippen LogP contribution in [0.4, 0.5) is 0 Å². The van der Waals surface area contributed by atoms with Crippen LogP contribution >= 0.6 is 11.8 Å². The smallest absolute Gasteiger partial charge is 0.157 e. The second-order valence-corrected chi connectivity index (χ2v) is 10.4. The lowest BCUT2D eigenvalue weighted by Gasteiger charge is -2.43. The Morgan fingerprint density at radius 1 is 1.11 bits per heavy atom. The van der Waals surface area contributed by atoms with Gasteiger partial charge in [0, 0.05) is 42.4 Å². The fourth-order valence-corrected chi connectivity index (χ4v) is 7.90. The summed E-state index contributed by atoms with van der Waals surface area (Å²) in [6.45, 7) is 3.43. The fraction of sp³-hybridized carbons (Fsp3) is 1.00. The molecular formula is C20H38N4O2S. The number of rotatable bonds is 6. The zero-order valence-corrected chi connectivity index (χ0v) is 17.9. The maximum atomic E-state index is 10.6. The molecule has 0 bridgehead atoms. The molecule has 0 radical (unpaired) electrons. The first kappa shape index (κ1) is 20.4. The maximum absolute atomic E-state index is 10.6. The monoisotopic (exact) mass is 398 g/mol. The normalized spacial score (nSPS) is 45.7. The van der Waals surface area contributed by atoms with Gasteiger partial charge >= 0.3 is 0 Å². The first-order chi connectivity index (χ1) is 13.1. The van der Waals surface area contributed by atoms with Crippen LogP contribution in [-0.2, 0) is 4.74 Å². The Kier molecular flexibility index (Phi) is 6.69. The average Bonchev–Trinajstić information content (AvgIpc) is 3.21. The van der Waals surface area contributed by atoms with Gasteiger partial charge in [-0.05, 0) is 65.5 Å². The van der Waals surface area contributed by atoms with Crippen LogP contribution in [-0.4, -0.2) is 72.5 Å². The molecule has 2 aliphatic heterocycles. The summed E-state index contributed by atoms with van der Waals surface area (Å²) in [7, 11) is 4.41. The highest BCUT2D eigenvalue weighted by Gasteiger charge is 2.56. The summed E-state index contributed by atoms with van der Waals surface area (Å²) in [5.41, 5.74) is 0. The van der Waals surface area contributed by atoms with Gasteiger partial charge < -0.3 is 14.7 Å². The van der Waals surface area contributed by atoms with Crippen molar-refractivity contribution in [1.82, 2.24) is 20.9 Å². The van der Waals surface area contributed by atoms with Crippen LogP contribution in [0.3, 0.4) is 0 Å². The maximum Gasteiger partial charge on any atom is 0.157 e. The molecule has 27 heavy (non-hydrogen) atoms. The highest BCUT2D eigenvalue weighted by molar-refractivity contribution is 8.00. The molecule has 2 aliphatic carbocycles. The molecule has 7 heteroatoms. The molecule has 2 heterocycles. The summed E-state index contributed by atoms with van der Waals surface area (Å²) >= 11 is 2.11. The van der Waals surface area contributed by atoms with Crippen molar-refractivity contribution < 1.29 is 9.84 Å². The lowest BCUT2D eigenvalue weighted by atomic mass is 9.80. The number of thioether (sulfide) groups is 1. The van der Waals surface area contributed by atoms with Gasteiger partial charge in [0.25, 0.3) is 0 Å². The van der Waals surface area contributed by atoms with Crippen molar-refractivity contribution >= 4 is 11.8 Å². The number of fused-ring (bicyclic) bond motifs is 3. The van der Waals surface area contributed by atoms with E-state index in [2.05, 4.69) is 46.7 Å². The Labute approximate surface area is 168 Å². The Bertz CT molecular complexity index is 489. The Morgan fingerprint density at radius 3 is 2.59 bits per heavy atom. The number of aliphatic hydroxyl groups excluding tert-OH is 1. The van der Waals surface area contributed by atoms with Gasteiger partial charge in [-0.2, -0.15) is 0 Å². The van der Waals surface area contributed by atoms with E-state index in [9.17, 15) is 5.11 Å². The van der Waals surface area contributed by atoms with E-state index < -0.39 is 6.29 Å². The molecule has 5 unspecified atom stereocenters. The average molecular weight is 399 g/mol. The van der Waals surface area contributed by atoms with E-state index in [1.807, 2.05) is 6.92 Å². The fourth-order valence-electron chi connectivity index (χ4n) is 5.99. The lowest BCUT2D eigenvalue weighted by molar-refractivity contribution is -0.144. The summed E-state index contributed by atoms with van der Waals surface area (Å²) in [4.78, 5) is 2.38. The SMILES string of the molecule is CCOC(O)C1CCC2S[C@@H]3NCNC(N[C@H]4CC[C@H](N(C)C)CC4)C3[C@@H]21. The van der Waals surface area contributed by atoms with Crippen molar-refractivity contribution in [1.29, 1.82) is 0 Å². The van der Waals surface area contributed by atoms with Gasteiger partial charge in [0.15, 0.2) is 6.29 Å². The molecule has 4 rings (SSSR count). The highest BCUT2D eigenvalue weighted by Crippen LogP contribution is 2.55. The second-order valence-electron chi connectivity index (χ2n) is 9.04. The number of hydrogen-bond acceptors (Lipinski definition) is 7. The third-order valence-electron chi connectivity index (χ3n) is 7.38. The molecular weight excluding hydrogens is 360 g/mol. The van der Waals surface area contributed by atoms with Crippen LogP contribution in [0.25, 0.3) is 0 Å². The number of nitrogens with one attached hydrogen (secondary N) is 3. The van der Waals surface area contributed by atoms with Crippen LogP contribution in [0.1, 0.15) is 45.4 Å². The van der Waals surface area contributed by atoms with E-state index in [0.29, 0.717) is 41.3 Å².